The Morgan fingerprint density at radius 2 is 2.00 bits per heavy atom. The molecule has 1 aliphatic rings. The van der Waals surface area contributed by atoms with Crippen molar-refractivity contribution in [2.24, 2.45) is 0 Å². The largest absolute Gasteiger partial charge is 0.411 e. The molecule has 0 bridgehead atoms. The van der Waals surface area contributed by atoms with Crippen LogP contribution in [-0.4, -0.2) is 38.0 Å². The first kappa shape index (κ1) is 23.3. The molecule has 3 heterocycles. The minimum Gasteiger partial charge on any atom is -0.411 e. The van der Waals surface area contributed by atoms with E-state index in [-0.39, 0.29) is 23.1 Å². The number of aromatic nitrogens is 4. The van der Waals surface area contributed by atoms with Gasteiger partial charge in [-0.15, -0.1) is 10.2 Å². The quantitative estimate of drug-likeness (QED) is 0.388. The molecule has 2 aromatic carbocycles. The Bertz CT molecular complexity index is 1400. The van der Waals surface area contributed by atoms with Crippen molar-refractivity contribution in [3.8, 4) is 11.5 Å². The number of nitrogens with zero attached hydrogens (tertiary/aromatic N) is 4. The van der Waals surface area contributed by atoms with Gasteiger partial charge in [0.05, 0.1) is 16.7 Å². The van der Waals surface area contributed by atoms with Crippen molar-refractivity contribution >= 4 is 28.6 Å². The Morgan fingerprint density at radius 1 is 1.14 bits per heavy atom. The number of hydrogen-bond donors (Lipinski definition) is 1. The number of carbonyl (C=O) groups excluding carboxylic acids is 1. The molecule has 1 amide bonds. The molecule has 35 heavy (non-hydrogen) atoms. The molecule has 0 radical (unpaired) electrons. The van der Waals surface area contributed by atoms with Crippen LogP contribution in [0.15, 0.2) is 63.0 Å². The maximum atomic E-state index is 12.9. The van der Waals surface area contributed by atoms with Crippen molar-refractivity contribution < 1.29 is 9.21 Å². The van der Waals surface area contributed by atoms with Crippen LogP contribution in [0.25, 0.3) is 22.4 Å². The van der Waals surface area contributed by atoms with Gasteiger partial charge in [-0.2, -0.15) is 0 Å². The van der Waals surface area contributed by atoms with E-state index in [1.165, 1.54) is 17.3 Å². The molecule has 0 unspecified atom stereocenters. The second-order valence-electron chi connectivity index (χ2n) is 8.81. The maximum Gasteiger partial charge on any atom is 0.277 e. The van der Waals surface area contributed by atoms with Gasteiger partial charge in [0.25, 0.3) is 10.8 Å². The third kappa shape index (κ3) is 5.30. The summed E-state index contributed by atoms with van der Waals surface area (Å²) in [6.45, 7) is 3.37. The molecule has 9 heteroatoms. The van der Waals surface area contributed by atoms with E-state index in [0.717, 1.165) is 38.1 Å². The first-order valence-electron chi connectivity index (χ1n) is 11.9. The van der Waals surface area contributed by atoms with E-state index in [0.29, 0.717) is 34.1 Å². The molecular formula is C26H27N5O3S. The lowest BCUT2D eigenvalue weighted by atomic mass is 10.0. The highest BCUT2D eigenvalue weighted by molar-refractivity contribution is 7.99. The van der Waals surface area contributed by atoms with Crippen molar-refractivity contribution in [1.29, 1.82) is 0 Å². The van der Waals surface area contributed by atoms with Crippen molar-refractivity contribution in [1.82, 2.24) is 25.1 Å². The highest BCUT2D eigenvalue weighted by Crippen LogP contribution is 2.25. The maximum absolute atomic E-state index is 12.9. The SMILES string of the molecule is C[C@H](CNC(=O)CSc1nnc(-c2ccc3c(=O)n4c(nc3c2)CCCCC4)o1)c1ccccc1. The summed E-state index contributed by atoms with van der Waals surface area (Å²) in [6, 6.07) is 15.5. The van der Waals surface area contributed by atoms with Gasteiger partial charge in [-0.05, 0) is 42.5 Å². The molecule has 0 aliphatic carbocycles. The van der Waals surface area contributed by atoms with Gasteiger partial charge >= 0.3 is 0 Å². The second-order valence-corrected chi connectivity index (χ2v) is 9.73. The van der Waals surface area contributed by atoms with Crippen LogP contribution in [-0.2, 0) is 17.8 Å². The standard InChI is InChI=1S/C26H27N5O3S/c1-17(18-8-4-2-5-9-18)15-27-23(32)16-35-26-30-29-24(34-26)19-11-12-20-21(14-19)28-22-10-6-3-7-13-31(22)25(20)33/h2,4-5,8-9,11-12,14,17H,3,6-7,10,13,15-16H2,1H3,(H,27,32)/t17-/m1/s1. The zero-order valence-electron chi connectivity index (χ0n) is 19.6. The lowest BCUT2D eigenvalue weighted by Gasteiger charge is -2.12. The van der Waals surface area contributed by atoms with Crippen LogP contribution >= 0.6 is 11.8 Å². The van der Waals surface area contributed by atoms with Crippen LogP contribution in [0.5, 0.6) is 0 Å². The average molecular weight is 490 g/mol. The molecule has 0 spiro atoms. The van der Waals surface area contributed by atoms with Crippen LogP contribution in [0.2, 0.25) is 0 Å². The Kier molecular flexibility index (Phi) is 6.94. The zero-order chi connectivity index (χ0) is 24.2. The van der Waals surface area contributed by atoms with Gasteiger partial charge < -0.3 is 9.73 Å². The van der Waals surface area contributed by atoms with Gasteiger partial charge in [-0.1, -0.05) is 55.4 Å². The zero-order valence-corrected chi connectivity index (χ0v) is 20.4. The monoisotopic (exact) mass is 489 g/mol. The van der Waals surface area contributed by atoms with Crippen molar-refractivity contribution in [3.05, 3.63) is 70.3 Å². The number of amides is 1. The molecule has 5 rings (SSSR count). The molecule has 180 valence electrons. The van der Waals surface area contributed by atoms with Gasteiger partial charge in [-0.25, -0.2) is 4.98 Å². The molecule has 8 nitrogen and oxygen atoms in total. The number of benzene rings is 2. The molecular weight excluding hydrogens is 462 g/mol. The van der Waals surface area contributed by atoms with Crippen LogP contribution < -0.4 is 10.9 Å². The molecule has 2 aromatic heterocycles. The lowest BCUT2D eigenvalue weighted by Crippen LogP contribution is -2.28. The molecule has 4 aromatic rings. The fraction of sp³-hybridized carbons (Fsp3) is 0.346. The van der Waals surface area contributed by atoms with E-state index in [1.54, 1.807) is 12.1 Å². The van der Waals surface area contributed by atoms with Crippen LogP contribution in [0.3, 0.4) is 0 Å². The number of thioether (sulfide) groups is 1. The van der Waals surface area contributed by atoms with Crippen LogP contribution in [0.1, 0.15) is 43.5 Å². The fourth-order valence-electron chi connectivity index (χ4n) is 4.28. The summed E-state index contributed by atoms with van der Waals surface area (Å²) in [6.07, 6.45) is 3.96. The van der Waals surface area contributed by atoms with E-state index in [4.69, 9.17) is 9.40 Å². The third-order valence-electron chi connectivity index (χ3n) is 6.27. The number of carbonyl (C=O) groups is 1. The highest BCUT2D eigenvalue weighted by atomic mass is 32.2. The number of aryl methyl sites for hydroxylation is 1. The van der Waals surface area contributed by atoms with Crippen molar-refractivity contribution in [2.75, 3.05) is 12.3 Å². The minimum absolute atomic E-state index is 0.00724. The summed E-state index contributed by atoms with van der Waals surface area (Å²) >= 11 is 1.20. The van der Waals surface area contributed by atoms with E-state index >= 15 is 0 Å². The van der Waals surface area contributed by atoms with Crippen LogP contribution in [0.4, 0.5) is 0 Å². The van der Waals surface area contributed by atoms with Gasteiger partial charge in [0.15, 0.2) is 0 Å². The van der Waals surface area contributed by atoms with Gasteiger partial charge in [0.2, 0.25) is 11.8 Å². The summed E-state index contributed by atoms with van der Waals surface area (Å²) in [5.41, 5.74) is 2.53. The smallest absolute Gasteiger partial charge is 0.277 e. The molecule has 1 N–H and O–H groups in total. The summed E-state index contributed by atoms with van der Waals surface area (Å²) in [5, 5.41) is 12.1. The Hall–Kier alpha value is -3.46. The normalized spacial score (nSPS) is 14.3. The predicted octanol–water partition coefficient (Wildman–Crippen LogP) is 4.18. The predicted molar refractivity (Wildman–Crippen MR) is 135 cm³/mol. The summed E-state index contributed by atoms with van der Waals surface area (Å²) in [4.78, 5) is 30.0. The minimum atomic E-state index is -0.0893. The summed E-state index contributed by atoms with van der Waals surface area (Å²) in [5.74, 6) is 1.50. The molecule has 1 aliphatic heterocycles. The van der Waals surface area contributed by atoms with E-state index in [1.807, 2.05) is 28.8 Å². The second kappa shape index (κ2) is 10.4. The third-order valence-corrected chi connectivity index (χ3v) is 7.09. The van der Waals surface area contributed by atoms with E-state index < -0.39 is 0 Å². The summed E-state index contributed by atoms with van der Waals surface area (Å²) < 4.78 is 7.58. The topological polar surface area (TPSA) is 103 Å². The first-order chi connectivity index (χ1) is 17.1. The van der Waals surface area contributed by atoms with E-state index in [2.05, 4.69) is 34.6 Å². The number of hydrogen-bond acceptors (Lipinski definition) is 7. The first-order valence-corrected chi connectivity index (χ1v) is 12.9. The highest BCUT2D eigenvalue weighted by Gasteiger charge is 2.16. The number of fused-ring (bicyclic) bond motifs is 2. The Labute approximate surface area is 207 Å². The Morgan fingerprint density at radius 3 is 2.86 bits per heavy atom. The summed E-state index contributed by atoms with van der Waals surface area (Å²) in [7, 11) is 0. The van der Waals surface area contributed by atoms with Gasteiger partial charge in [0, 0.05) is 25.1 Å². The van der Waals surface area contributed by atoms with Gasteiger partial charge in [-0.3, -0.25) is 14.2 Å². The fourth-order valence-corrected chi connectivity index (χ4v) is 4.87. The van der Waals surface area contributed by atoms with Crippen LogP contribution in [0, 0.1) is 0 Å². The lowest BCUT2D eigenvalue weighted by molar-refractivity contribution is -0.118. The van der Waals surface area contributed by atoms with E-state index in [9.17, 15) is 9.59 Å². The number of nitrogens with one attached hydrogen (secondary N) is 1. The molecule has 0 fully saturated rings. The van der Waals surface area contributed by atoms with Crippen molar-refractivity contribution in [2.45, 2.75) is 50.3 Å². The van der Waals surface area contributed by atoms with Gasteiger partial charge in [0.1, 0.15) is 5.82 Å². The average Bonchev–Trinajstić information content (AvgIpc) is 3.24. The molecule has 1 atom stereocenters. The Balaban J connectivity index is 1.23. The molecule has 0 saturated carbocycles. The van der Waals surface area contributed by atoms with Crippen molar-refractivity contribution in [3.63, 3.8) is 0 Å². The molecule has 0 saturated heterocycles. The number of rotatable bonds is 7.